The Morgan fingerprint density at radius 1 is 1.88 bits per heavy atom. The van der Waals surface area contributed by atoms with E-state index in [0.29, 0.717) is 5.03 Å². The molecule has 1 rings (SSSR count). The zero-order valence-electron chi connectivity index (χ0n) is 4.00. The van der Waals surface area contributed by atoms with Gasteiger partial charge in [0.15, 0.2) is 6.23 Å². The van der Waals surface area contributed by atoms with Crippen LogP contribution in [0.4, 0.5) is 0 Å². The molecule has 4 heteroatoms. The van der Waals surface area contributed by atoms with Gasteiger partial charge < -0.3 is 10.4 Å². The lowest BCUT2D eigenvalue weighted by molar-refractivity contribution is 0.227. The van der Waals surface area contributed by atoms with Crippen molar-refractivity contribution in [3.05, 3.63) is 11.2 Å². The highest BCUT2D eigenvalue weighted by molar-refractivity contribution is 6.30. The highest BCUT2D eigenvalue weighted by atomic mass is 35.5. The minimum Gasteiger partial charge on any atom is -0.367 e. The van der Waals surface area contributed by atoms with E-state index in [-0.39, 0.29) is 0 Å². The van der Waals surface area contributed by atoms with Crippen LogP contribution in [0.15, 0.2) is 16.2 Å². The summed E-state index contributed by atoms with van der Waals surface area (Å²) in [5, 5.41) is 11.7. The number of nitrogens with zero attached hydrogens (tertiary/aromatic N) is 1. The Balaban J connectivity index is 2.63. The van der Waals surface area contributed by atoms with E-state index in [9.17, 15) is 0 Å². The van der Waals surface area contributed by atoms with Crippen molar-refractivity contribution in [1.29, 1.82) is 0 Å². The predicted molar refractivity (Wildman–Crippen MR) is 31.6 cm³/mol. The first-order chi connectivity index (χ1) is 3.80. The molecule has 1 aliphatic rings. The standard InChI is InChI=1S/C4H5ClN2O/c5-3-1-6-2-7-4(3)8/h1-2,4,8H,(H,6,7). The van der Waals surface area contributed by atoms with Crippen molar-refractivity contribution in [3.8, 4) is 0 Å². The minimum atomic E-state index is -0.863. The molecule has 0 aliphatic carbocycles. The van der Waals surface area contributed by atoms with Gasteiger partial charge in [0.1, 0.15) is 0 Å². The van der Waals surface area contributed by atoms with Crippen LogP contribution in [0, 0.1) is 0 Å². The van der Waals surface area contributed by atoms with Gasteiger partial charge in [0.05, 0.1) is 11.4 Å². The second-order valence-corrected chi connectivity index (χ2v) is 1.78. The molecule has 3 nitrogen and oxygen atoms in total. The van der Waals surface area contributed by atoms with Crippen LogP contribution in [0.3, 0.4) is 0 Å². The first kappa shape index (κ1) is 5.59. The van der Waals surface area contributed by atoms with Gasteiger partial charge in [-0.2, -0.15) is 0 Å². The molecule has 0 radical (unpaired) electrons. The fourth-order valence-corrected chi connectivity index (χ4v) is 0.496. The van der Waals surface area contributed by atoms with E-state index < -0.39 is 6.23 Å². The normalized spacial score (nSPS) is 26.8. The van der Waals surface area contributed by atoms with Crippen LogP contribution in [0.2, 0.25) is 0 Å². The maximum Gasteiger partial charge on any atom is 0.185 e. The van der Waals surface area contributed by atoms with Crippen molar-refractivity contribution in [1.82, 2.24) is 5.32 Å². The quantitative estimate of drug-likeness (QED) is 0.488. The van der Waals surface area contributed by atoms with Crippen molar-refractivity contribution in [2.24, 2.45) is 4.99 Å². The van der Waals surface area contributed by atoms with Gasteiger partial charge >= 0.3 is 0 Å². The lowest BCUT2D eigenvalue weighted by Gasteiger charge is -2.06. The number of hydrogen-bond acceptors (Lipinski definition) is 3. The zero-order chi connectivity index (χ0) is 5.98. The van der Waals surface area contributed by atoms with Crippen molar-refractivity contribution in [2.75, 3.05) is 0 Å². The summed E-state index contributed by atoms with van der Waals surface area (Å²) < 4.78 is 0. The van der Waals surface area contributed by atoms with Crippen molar-refractivity contribution in [3.63, 3.8) is 0 Å². The number of nitrogens with one attached hydrogen (secondary N) is 1. The third kappa shape index (κ3) is 0.993. The van der Waals surface area contributed by atoms with Crippen LogP contribution in [-0.4, -0.2) is 17.7 Å². The number of rotatable bonds is 0. The number of aliphatic hydroxyl groups excluding tert-OH is 1. The van der Waals surface area contributed by atoms with E-state index in [4.69, 9.17) is 16.7 Å². The van der Waals surface area contributed by atoms with Crippen molar-refractivity contribution < 1.29 is 5.11 Å². The summed E-state index contributed by atoms with van der Waals surface area (Å²) >= 11 is 5.40. The Hall–Kier alpha value is -0.540. The molecule has 1 aliphatic heterocycles. The topological polar surface area (TPSA) is 44.6 Å². The summed E-state index contributed by atoms with van der Waals surface area (Å²) in [6.45, 7) is 0. The van der Waals surface area contributed by atoms with Crippen molar-refractivity contribution >= 4 is 17.9 Å². The second-order valence-electron chi connectivity index (χ2n) is 1.35. The second kappa shape index (κ2) is 2.15. The van der Waals surface area contributed by atoms with Crippen molar-refractivity contribution in [2.45, 2.75) is 6.23 Å². The van der Waals surface area contributed by atoms with Gasteiger partial charge in [-0.15, -0.1) is 0 Å². The van der Waals surface area contributed by atoms with Gasteiger partial charge in [-0.25, -0.2) is 4.99 Å². The minimum absolute atomic E-state index is 0.313. The van der Waals surface area contributed by atoms with E-state index in [1.807, 2.05) is 0 Å². The zero-order valence-corrected chi connectivity index (χ0v) is 4.76. The molecule has 1 heterocycles. The molecule has 0 aromatic heterocycles. The van der Waals surface area contributed by atoms with E-state index in [2.05, 4.69) is 10.3 Å². The molecule has 0 aromatic rings. The summed E-state index contributed by atoms with van der Waals surface area (Å²) in [4.78, 5) is 3.53. The summed E-state index contributed by atoms with van der Waals surface area (Å²) in [5.74, 6) is 0. The van der Waals surface area contributed by atoms with E-state index in [1.54, 1.807) is 0 Å². The molecular formula is C4H5ClN2O. The monoisotopic (exact) mass is 132 g/mol. The summed E-state index contributed by atoms with van der Waals surface area (Å²) in [7, 11) is 0. The summed E-state index contributed by atoms with van der Waals surface area (Å²) in [6.07, 6.45) is 2.01. The molecule has 0 amide bonds. The Morgan fingerprint density at radius 2 is 2.62 bits per heavy atom. The molecule has 0 spiro atoms. The number of aliphatic imine (C=N–C) groups is 1. The first-order valence-corrected chi connectivity index (χ1v) is 2.50. The number of aliphatic hydroxyl groups is 1. The van der Waals surface area contributed by atoms with E-state index in [1.165, 1.54) is 12.5 Å². The van der Waals surface area contributed by atoms with Crippen LogP contribution in [0.1, 0.15) is 0 Å². The Labute approximate surface area is 51.7 Å². The predicted octanol–water partition coefficient (Wildman–Crippen LogP) is 0.0165. The summed E-state index contributed by atoms with van der Waals surface area (Å²) in [6, 6.07) is 0. The van der Waals surface area contributed by atoms with Gasteiger partial charge in [0, 0.05) is 6.20 Å². The van der Waals surface area contributed by atoms with Gasteiger partial charge in [-0.1, -0.05) is 11.6 Å². The average molecular weight is 133 g/mol. The molecule has 44 valence electrons. The van der Waals surface area contributed by atoms with Crippen LogP contribution in [0.5, 0.6) is 0 Å². The molecule has 1 unspecified atom stereocenters. The maximum absolute atomic E-state index is 8.74. The molecule has 0 aromatic carbocycles. The number of hydrogen-bond donors (Lipinski definition) is 2. The molecule has 1 atom stereocenters. The highest BCUT2D eigenvalue weighted by Crippen LogP contribution is 2.08. The molecule has 0 saturated carbocycles. The molecule has 0 saturated heterocycles. The van der Waals surface area contributed by atoms with Gasteiger partial charge in [-0.3, -0.25) is 0 Å². The lowest BCUT2D eigenvalue weighted by atomic mass is 10.5. The lowest BCUT2D eigenvalue weighted by Crippen LogP contribution is -2.15. The van der Waals surface area contributed by atoms with Gasteiger partial charge in [0.2, 0.25) is 0 Å². The van der Waals surface area contributed by atoms with Gasteiger partial charge in [-0.05, 0) is 0 Å². The highest BCUT2D eigenvalue weighted by Gasteiger charge is 2.06. The van der Waals surface area contributed by atoms with E-state index in [0.717, 1.165) is 0 Å². The fourth-order valence-electron chi connectivity index (χ4n) is 0.376. The summed E-state index contributed by atoms with van der Waals surface area (Å²) in [5.41, 5.74) is 0. The average Bonchev–Trinajstić information content (AvgIpc) is 1.77. The fraction of sp³-hybridized carbons (Fsp3) is 0.250. The largest absolute Gasteiger partial charge is 0.367 e. The smallest absolute Gasteiger partial charge is 0.185 e. The number of halogens is 1. The molecule has 8 heavy (non-hydrogen) atoms. The molecule has 0 fully saturated rings. The first-order valence-electron chi connectivity index (χ1n) is 2.12. The van der Waals surface area contributed by atoms with E-state index >= 15 is 0 Å². The Kier molecular flexibility index (Phi) is 1.50. The van der Waals surface area contributed by atoms with Crippen LogP contribution >= 0.6 is 11.6 Å². The molecule has 0 bridgehead atoms. The SMILES string of the molecule is OC1N=CNC=C1Cl. The van der Waals surface area contributed by atoms with Crippen LogP contribution in [-0.2, 0) is 0 Å². The maximum atomic E-state index is 8.74. The van der Waals surface area contributed by atoms with Gasteiger partial charge in [0.25, 0.3) is 0 Å². The third-order valence-electron chi connectivity index (χ3n) is 0.758. The Morgan fingerprint density at radius 3 is 3.00 bits per heavy atom. The molecule has 2 N–H and O–H groups in total. The van der Waals surface area contributed by atoms with Crippen LogP contribution in [0.25, 0.3) is 0 Å². The Bertz CT molecular complexity index is 143. The molecular weight excluding hydrogens is 128 g/mol. The third-order valence-corrected chi connectivity index (χ3v) is 1.06. The van der Waals surface area contributed by atoms with Crippen LogP contribution < -0.4 is 5.32 Å².